The van der Waals surface area contributed by atoms with Crippen molar-refractivity contribution in [3.05, 3.63) is 11.9 Å². The number of aryl methyl sites for hydroxylation is 1. The third-order valence-electron chi connectivity index (χ3n) is 2.19. The molecule has 0 radical (unpaired) electrons. The summed E-state index contributed by atoms with van der Waals surface area (Å²) in [7, 11) is 0. The van der Waals surface area contributed by atoms with Crippen LogP contribution in [0.3, 0.4) is 0 Å². The number of hydrogen-bond donors (Lipinski definition) is 1. The maximum absolute atomic E-state index is 5.82. The van der Waals surface area contributed by atoms with Gasteiger partial charge in [0.2, 0.25) is 0 Å². The van der Waals surface area contributed by atoms with E-state index in [0.717, 1.165) is 25.1 Å². The van der Waals surface area contributed by atoms with Crippen LogP contribution in [-0.4, -0.2) is 9.78 Å². The molecule has 1 aromatic heterocycles. The number of aromatic nitrogens is 2. The SMILES string of the molecule is CCCCn1ncc(N)c1CCC. The number of hydrogen-bond acceptors (Lipinski definition) is 2. The zero-order chi connectivity index (χ0) is 9.68. The van der Waals surface area contributed by atoms with Gasteiger partial charge in [-0.15, -0.1) is 0 Å². The Morgan fingerprint density at radius 3 is 2.77 bits per heavy atom. The van der Waals surface area contributed by atoms with Crippen molar-refractivity contribution in [1.29, 1.82) is 0 Å². The van der Waals surface area contributed by atoms with Gasteiger partial charge in [0.15, 0.2) is 0 Å². The fraction of sp³-hybridized carbons (Fsp3) is 0.700. The Morgan fingerprint density at radius 1 is 1.38 bits per heavy atom. The fourth-order valence-corrected chi connectivity index (χ4v) is 1.44. The van der Waals surface area contributed by atoms with Gasteiger partial charge in [-0.3, -0.25) is 4.68 Å². The van der Waals surface area contributed by atoms with Gasteiger partial charge >= 0.3 is 0 Å². The number of nitrogen functional groups attached to an aromatic ring is 1. The number of nitrogens with zero attached hydrogens (tertiary/aromatic N) is 2. The summed E-state index contributed by atoms with van der Waals surface area (Å²) >= 11 is 0. The third-order valence-corrected chi connectivity index (χ3v) is 2.19. The van der Waals surface area contributed by atoms with Crippen molar-refractivity contribution in [1.82, 2.24) is 9.78 Å². The quantitative estimate of drug-likeness (QED) is 0.757. The molecule has 3 nitrogen and oxygen atoms in total. The van der Waals surface area contributed by atoms with E-state index in [-0.39, 0.29) is 0 Å². The van der Waals surface area contributed by atoms with Gasteiger partial charge in [-0.2, -0.15) is 5.10 Å². The monoisotopic (exact) mass is 181 g/mol. The minimum Gasteiger partial charge on any atom is -0.396 e. The molecule has 0 aliphatic heterocycles. The first kappa shape index (κ1) is 10.1. The molecule has 1 rings (SSSR count). The second-order valence-corrected chi connectivity index (χ2v) is 3.37. The van der Waals surface area contributed by atoms with E-state index >= 15 is 0 Å². The van der Waals surface area contributed by atoms with Crippen molar-refractivity contribution in [2.75, 3.05) is 5.73 Å². The number of nitrogens with two attached hydrogens (primary N) is 1. The lowest BCUT2D eigenvalue weighted by Crippen LogP contribution is -2.06. The molecular formula is C10H19N3. The molecule has 3 heteroatoms. The summed E-state index contributed by atoms with van der Waals surface area (Å²) in [4.78, 5) is 0. The fourth-order valence-electron chi connectivity index (χ4n) is 1.44. The average Bonchev–Trinajstić information content (AvgIpc) is 2.46. The number of unbranched alkanes of at least 4 members (excludes halogenated alkanes) is 1. The number of anilines is 1. The molecule has 0 bridgehead atoms. The molecule has 2 N–H and O–H groups in total. The first-order valence-corrected chi connectivity index (χ1v) is 5.09. The lowest BCUT2D eigenvalue weighted by Gasteiger charge is -2.05. The Morgan fingerprint density at radius 2 is 2.15 bits per heavy atom. The van der Waals surface area contributed by atoms with Gasteiger partial charge in [0.05, 0.1) is 17.6 Å². The van der Waals surface area contributed by atoms with E-state index in [1.165, 1.54) is 18.5 Å². The van der Waals surface area contributed by atoms with E-state index in [9.17, 15) is 0 Å². The van der Waals surface area contributed by atoms with Gasteiger partial charge in [0.1, 0.15) is 0 Å². The van der Waals surface area contributed by atoms with E-state index in [1.54, 1.807) is 6.20 Å². The van der Waals surface area contributed by atoms with Crippen LogP contribution in [0.4, 0.5) is 5.69 Å². The van der Waals surface area contributed by atoms with E-state index in [0.29, 0.717) is 0 Å². The van der Waals surface area contributed by atoms with Crippen molar-refractivity contribution >= 4 is 5.69 Å². The Balaban J connectivity index is 2.68. The van der Waals surface area contributed by atoms with Crippen LogP contribution in [0.1, 0.15) is 38.8 Å². The second kappa shape index (κ2) is 4.90. The first-order chi connectivity index (χ1) is 6.29. The average molecular weight is 181 g/mol. The third kappa shape index (κ3) is 2.47. The van der Waals surface area contributed by atoms with Gasteiger partial charge in [0, 0.05) is 6.54 Å². The maximum atomic E-state index is 5.82. The first-order valence-electron chi connectivity index (χ1n) is 5.09. The van der Waals surface area contributed by atoms with Crippen molar-refractivity contribution < 1.29 is 0 Å². The minimum atomic E-state index is 0.845. The minimum absolute atomic E-state index is 0.845. The van der Waals surface area contributed by atoms with Crippen molar-refractivity contribution in [3.63, 3.8) is 0 Å². The van der Waals surface area contributed by atoms with Gasteiger partial charge in [-0.1, -0.05) is 26.7 Å². The molecule has 0 aliphatic carbocycles. The highest BCUT2D eigenvalue weighted by molar-refractivity contribution is 5.40. The van der Waals surface area contributed by atoms with E-state index in [2.05, 4.69) is 18.9 Å². The van der Waals surface area contributed by atoms with Crippen molar-refractivity contribution in [2.24, 2.45) is 0 Å². The zero-order valence-electron chi connectivity index (χ0n) is 8.58. The molecule has 1 heterocycles. The summed E-state index contributed by atoms with van der Waals surface area (Å²) in [6.45, 7) is 5.35. The highest BCUT2D eigenvalue weighted by Gasteiger charge is 2.05. The topological polar surface area (TPSA) is 43.8 Å². The Kier molecular flexibility index (Phi) is 3.80. The molecule has 1 aromatic rings. The molecular weight excluding hydrogens is 162 g/mol. The van der Waals surface area contributed by atoms with Crippen LogP contribution in [0.2, 0.25) is 0 Å². The largest absolute Gasteiger partial charge is 0.396 e. The highest BCUT2D eigenvalue weighted by atomic mass is 15.3. The smallest absolute Gasteiger partial charge is 0.0733 e. The van der Waals surface area contributed by atoms with Gasteiger partial charge in [-0.05, 0) is 12.8 Å². The molecule has 0 unspecified atom stereocenters. The van der Waals surface area contributed by atoms with Gasteiger partial charge < -0.3 is 5.73 Å². The molecule has 74 valence electrons. The molecule has 0 amide bonds. The molecule has 0 fully saturated rings. The lowest BCUT2D eigenvalue weighted by atomic mass is 10.2. The summed E-state index contributed by atoms with van der Waals surface area (Å²) in [5.41, 5.74) is 7.87. The predicted molar refractivity (Wildman–Crippen MR) is 55.5 cm³/mol. The van der Waals surface area contributed by atoms with E-state index < -0.39 is 0 Å². The van der Waals surface area contributed by atoms with Crippen LogP contribution < -0.4 is 5.73 Å². The second-order valence-electron chi connectivity index (χ2n) is 3.37. The van der Waals surface area contributed by atoms with E-state index in [4.69, 9.17) is 5.73 Å². The highest BCUT2D eigenvalue weighted by Crippen LogP contribution is 2.13. The standard InChI is InChI=1S/C10H19N3/c1-3-5-7-13-10(6-4-2)9(11)8-12-13/h8H,3-7,11H2,1-2H3. The summed E-state index contributed by atoms with van der Waals surface area (Å²) in [5, 5.41) is 4.26. The molecule has 0 aromatic carbocycles. The molecule has 13 heavy (non-hydrogen) atoms. The van der Waals surface area contributed by atoms with Crippen LogP contribution in [0.5, 0.6) is 0 Å². The lowest BCUT2D eigenvalue weighted by molar-refractivity contribution is 0.546. The van der Waals surface area contributed by atoms with Crippen LogP contribution in [0.15, 0.2) is 6.20 Å². The predicted octanol–water partition coefficient (Wildman–Crippen LogP) is 2.22. The normalized spacial score (nSPS) is 10.6. The maximum Gasteiger partial charge on any atom is 0.0733 e. The Labute approximate surface area is 79.9 Å². The zero-order valence-corrected chi connectivity index (χ0v) is 8.58. The summed E-state index contributed by atoms with van der Waals surface area (Å²) < 4.78 is 2.04. The van der Waals surface area contributed by atoms with E-state index in [1.807, 2.05) is 4.68 Å². The van der Waals surface area contributed by atoms with Crippen LogP contribution >= 0.6 is 0 Å². The van der Waals surface area contributed by atoms with Gasteiger partial charge in [0.25, 0.3) is 0 Å². The van der Waals surface area contributed by atoms with Crippen molar-refractivity contribution in [3.8, 4) is 0 Å². The Hall–Kier alpha value is -0.990. The Bertz CT molecular complexity index is 253. The summed E-state index contributed by atoms with van der Waals surface area (Å²) in [6.07, 6.45) is 6.31. The molecule has 0 aliphatic rings. The summed E-state index contributed by atoms with van der Waals surface area (Å²) in [5.74, 6) is 0. The molecule has 0 spiro atoms. The van der Waals surface area contributed by atoms with Crippen LogP contribution in [-0.2, 0) is 13.0 Å². The van der Waals surface area contributed by atoms with Crippen LogP contribution in [0, 0.1) is 0 Å². The molecule has 0 saturated heterocycles. The molecule has 0 saturated carbocycles. The van der Waals surface area contributed by atoms with Crippen LogP contribution in [0.25, 0.3) is 0 Å². The molecule has 0 atom stereocenters. The number of rotatable bonds is 5. The van der Waals surface area contributed by atoms with Gasteiger partial charge in [-0.25, -0.2) is 0 Å². The summed E-state index contributed by atoms with van der Waals surface area (Å²) in [6, 6.07) is 0. The van der Waals surface area contributed by atoms with Crippen molar-refractivity contribution in [2.45, 2.75) is 46.1 Å².